The van der Waals surface area contributed by atoms with Crippen LogP contribution < -0.4 is 0 Å². The molecule has 0 saturated carbocycles. The first-order chi connectivity index (χ1) is 2.21. The van der Waals surface area contributed by atoms with Gasteiger partial charge in [-0.1, -0.05) is 0 Å². The van der Waals surface area contributed by atoms with Gasteiger partial charge in [-0.3, -0.25) is 0 Å². The minimum atomic E-state index is -2.25. The van der Waals surface area contributed by atoms with E-state index in [1.54, 1.807) is 0 Å². The molecule has 1 fully saturated rings. The molecule has 5 nitrogen and oxygen atoms in total. The third-order valence-electron chi connectivity index (χ3n) is 0.232. The molecule has 4 N–H and O–H groups in total. The quantitative estimate of drug-likeness (QED) is 0.170. The molecule has 0 aromatic heterocycles. The predicted octanol–water partition coefficient (Wildman–Crippen LogP) is -3.46. The van der Waals surface area contributed by atoms with Crippen molar-refractivity contribution < 1.29 is 25.5 Å². The van der Waals surface area contributed by atoms with E-state index in [-0.39, 0.29) is 25.3 Å². The number of hydrogen-bond acceptors (Lipinski definition) is 4. The molecule has 0 amide bonds. The summed E-state index contributed by atoms with van der Waals surface area (Å²) < 4.78 is 0. The van der Waals surface area contributed by atoms with Gasteiger partial charge >= 0.3 is 25.9 Å². The van der Waals surface area contributed by atoms with E-state index in [2.05, 4.69) is 9.78 Å². The monoisotopic (exact) mass is 168 g/mol. The molecule has 0 atom stereocenters. The molecule has 7 heavy (non-hydrogen) atoms. The number of aliphatic hydroxyl groups is 2. The van der Waals surface area contributed by atoms with Crippen molar-refractivity contribution in [2.24, 2.45) is 0 Å². The van der Waals surface area contributed by atoms with Crippen molar-refractivity contribution in [3.8, 4) is 0 Å². The van der Waals surface area contributed by atoms with E-state index >= 15 is 0 Å². The van der Waals surface area contributed by atoms with Crippen LogP contribution in [0, 0.1) is 0 Å². The summed E-state index contributed by atoms with van der Waals surface area (Å²) in [7, 11) is 0. The zero-order valence-corrected chi connectivity index (χ0v) is 2.71. The Hall–Kier alpha value is 0.436. The summed E-state index contributed by atoms with van der Waals surface area (Å²) in [6.45, 7) is 0. The molecule has 1 rings (SSSR count). The summed E-state index contributed by atoms with van der Waals surface area (Å²) in [6, 6.07) is 0. The molecule has 0 unspecified atom stereocenters. The van der Waals surface area contributed by atoms with Gasteiger partial charge in [0, 0.05) is 0 Å². The third kappa shape index (κ3) is 4.29. The van der Waals surface area contributed by atoms with Gasteiger partial charge in [0.2, 0.25) is 0 Å². The zero-order valence-electron chi connectivity index (χ0n) is 2.71. The van der Waals surface area contributed by atoms with Gasteiger partial charge in [-0.15, -0.1) is 9.78 Å². The predicted molar refractivity (Wildman–Crippen MR) is 22.9 cm³/mol. The summed E-state index contributed by atoms with van der Waals surface area (Å²) in [5, 5.41) is 15.5. The molecule has 0 spiro atoms. The number of rotatable bonds is 0. The molecule has 0 bridgehead atoms. The first kappa shape index (κ1) is 10.4. The molecule has 0 aromatic carbocycles. The third-order valence-corrected chi connectivity index (χ3v) is 0.232. The van der Waals surface area contributed by atoms with Crippen LogP contribution in [0.2, 0.25) is 0 Å². The summed E-state index contributed by atoms with van der Waals surface area (Å²) in [5.74, 6) is 0. The summed E-state index contributed by atoms with van der Waals surface area (Å²) in [4.78, 5) is 7.01. The minimum absolute atomic E-state index is 0. The molecular formula is CH7GaO5. The maximum absolute atomic E-state index is 7.74. The molecule has 0 radical (unpaired) electrons. The summed E-state index contributed by atoms with van der Waals surface area (Å²) in [6.07, 6.45) is -2.25. The first-order valence-electron chi connectivity index (χ1n) is 1.02. The Morgan fingerprint density at radius 1 is 1.14 bits per heavy atom. The van der Waals surface area contributed by atoms with Crippen LogP contribution in [0.5, 0.6) is 0 Å². The van der Waals surface area contributed by atoms with Crippen LogP contribution in [-0.2, 0) is 9.78 Å². The molecule has 0 aromatic rings. The van der Waals surface area contributed by atoms with Crippen molar-refractivity contribution in [1.29, 1.82) is 0 Å². The van der Waals surface area contributed by atoms with Crippen LogP contribution in [0.15, 0.2) is 0 Å². The average molecular weight is 169 g/mol. The molecule has 1 saturated heterocycles. The van der Waals surface area contributed by atoms with Crippen molar-refractivity contribution >= 4 is 19.8 Å². The van der Waals surface area contributed by atoms with Gasteiger partial charge in [-0.05, 0) is 0 Å². The fourth-order valence-corrected chi connectivity index (χ4v) is 0.0373. The standard InChI is InChI=1S/CH2O4.Ga.H2O.3H/c2-1(3)4-5-1;;;;;/h2-3H;;1H2;;;. The van der Waals surface area contributed by atoms with Gasteiger partial charge in [0.05, 0.1) is 0 Å². The van der Waals surface area contributed by atoms with E-state index < -0.39 is 6.16 Å². The molecule has 1 aliphatic rings. The molecular weight excluding hydrogens is 162 g/mol. The molecule has 1 aliphatic heterocycles. The molecule has 44 valence electrons. The Morgan fingerprint density at radius 2 is 1.29 bits per heavy atom. The van der Waals surface area contributed by atoms with Crippen LogP contribution in [0.4, 0.5) is 0 Å². The Kier molecular flexibility index (Phi) is 3.98. The SMILES string of the molecule is O.OC1(O)OO1.[GaH3]. The molecule has 6 heteroatoms. The second-order valence-corrected chi connectivity index (χ2v) is 0.715. The van der Waals surface area contributed by atoms with E-state index in [0.717, 1.165) is 0 Å². The van der Waals surface area contributed by atoms with E-state index in [4.69, 9.17) is 10.2 Å². The zero-order chi connectivity index (χ0) is 3.91. The second-order valence-electron chi connectivity index (χ2n) is 0.715. The average Bonchev–Trinajstić information content (AvgIpc) is 1.76. The van der Waals surface area contributed by atoms with E-state index in [9.17, 15) is 0 Å². The molecule has 1 heterocycles. The van der Waals surface area contributed by atoms with E-state index in [1.807, 2.05) is 0 Å². The van der Waals surface area contributed by atoms with Crippen LogP contribution in [0.3, 0.4) is 0 Å². The van der Waals surface area contributed by atoms with Crippen LogP contribution in [0.25, 0.3) is 0 Å². The van der Waals surface area contributed by atoms with E-state index in [1.165, 1.54) is 0 Å². The fraction of sp³-hybridized carbons (Fsp3) is 1.00. The topological polar surface area (TPSA) is 97.0 Å². The van der Waals surface area contributed by atoms with Gasteiger partial charge in [0.1, 0.15) is 0 Å². The fourth-order valence-electron chi connectivity index (χ4n) is 0.0373. The van der Waals surface area contributed by atoms with Gasteiger partial charge in [0.25, 0.3) is 0 Å². The normalized spacial score (nSPS) is 21.4. The Morgan fingerprint density at radius 3 is 1.29 bits per heavy atom. The van der Waals surface area contributed by atoms with Gasteiger partial charge in [-0.2, -0.15) is 0 Å². The van der Waals surface area contributed by atoms with Gasteiger partial charge in [0.15, 0.2) is 0 Å². The summed E-state index contributed by atoms with van der Waals surface area (Å²) in [5.41, 5.74) is 0. The second kappa shape index (κ2) is 2.67. The summed E-state index contributed by atoms with van der Waals surface area (Å²) >= 11 is 0. The first-order valence-corrected chi connectivity index (χ1v) is 1.02. The van der Waals surface area contributed by atoms with E-state index in [0.29, 0.717) is 0 Å². The van der Waals surface area contributed by atoms with Crippen molar-refractivity contribution in [3.63, 3.8) is 0 Å². The maximum atomic E-state index is 7.74. The van der Waals surface area contributed by atoms with Crippen LogP contribution in [0.1, 0.15) is 0 Å². The van der Waals surface area contributed by atoms with Crippen molar-refractivity contribution in [2.75, 3.05) is 0 Å². The molecule has 0 aliphatic carbocycles. The van der Waals surface area contributed by atoms with Crippen LogP contribution in [-0.4, -0.2) is 41.6 Å². The Balaban J connectivity index is 0. The Labute approximate surface area is 52.1 Å². The van der Waals surface area contributed by atoms with Crippen LogP contribution >= 0.6 is 0 Å². The Bertz CT molecular complexity index is 46.0. The van der Waals surface area contributed by atoms with Crippen molar-refractivity contribution in [2.45, 2.75) is 6.16 Å². The van der Waals surface area contributed by atoms with Gasteiger partial charge < -0.3 is 15.7 Å². The van der Waals surface area contributed by atoms with Gasteiger partial charge in [-0.25, -0.2) is 0 Å². The van der Waals surface area contributed by atoms with Crippen molar-refractivity contribution in [3.05, 3.63) is 0 Å². The number of hydrogen-bond donors (Lipinski definition) is 2. The van der Waals surface area contributed by atoms with Crippen molar-refractivity contribution in [1.82, 2.24) is 0 Å².